The number of aromatic nitrogens is 2. The van der Waals surface area contributed by atoms with Crippen molar-refractivity contribution in [3.63, 3.8) is 0 Å². The third-order valence-corrected chi connectivity index (χ3v) is 6.27. The summed E-state index contributed by atoms with van der Waals surface area (Å²) >= 11 is 0. The van der Waals surface area contributed by atoms with Crippen molar-refractivity contribution in [2.24, 2.45) is 0 Å². The smallest absolute Gasteiger partial charge is 0.231 e. The van der Waals surface area contributed by atoms with E-state index in [9.17, 15) is 4.39 Å². The lowest BCUT2D eigenvalue weighted by Crippen LogP contribution is -2.24. The van der Waals surface area contributed by atoms with Gasteiger partial charge >= 0.3 is 0 Å². The molecule has 0 unspecified atom stereocenters. The molecule has 35 heavy (non-hydrogen) atoms. The molecule has 3 aromatic carbocycles. The van der Waals surface area contributed by atoms with Crippen molar-refractivity contribution in [1.29, 1.82) is 0 Å². The highest BCUT2D eigenvalue weighted by molar-refractivity contribution is 5.57. The van der Waals surface area contributed by atoms with Gasteiger partial charge in [-0.15, -0.1) is 0 Å². The van der Waals surface area contributed by atoms with Gasteiger partial charge in [0.15, 0.2) is 11.5 Å². The van der Waals surface area contributed by atoms with Crippen LogP contribution >= 0.6 is 0 Å². The molecule has 5 rings (SSSR count). The first-order valence-corrected chi connectivity index (χ1v) is 12.2. The molecule has 5 nitrogen and oxygen atoms in total. The highest BCUT2D eigenvalue weighted by Gasteiger charge is 2.19. The Morgan fingerprint density at radius 1 is 0.886 bits per heavy atom. The van der Waals surface area contributed by atoms with Crippen LogP contribution in [0.1, 0.15) is 36.6 Å². The molecule has 0 atom stereocenters. The second-order valence-electron chi connectivity index (χ2n) is 8.88. The second kappa shape index (κ2) is 10.7. The summed E-state index contributed by atoms with van der Waals surface area (Å²) in [6.45, 7) is 5.44. The van der Waals surface area contributed by atoms with Crippen molar-refractivity contribution in [2.75, 3.05) is 6.79 Å². The molecular weight excluding hydrogens is 441 g/mol. The molecule has 2 heterocycles. The standard InChI is InChI=1S/C29H30FN3O2/c1-2-3-15-33-24(17-31-29(33)25-11-7-8-12-26(25)30)20-32(18-22-9-5-4-6-10-22)19-23-13-14-27-28(16-23)35-21-34-27/h4-14,16-17H,2-3,15,18-21H2,1H3. The molecule has 0 aliphatic carbocycles. The van der Waals surface area contributed by atoms with Crippen molar-refractivity contribution >= 4 is 0 Å². The van der Waals surface area contributed by atoms with E-state index in [2.05, 4.69) is 57.8 Å². The zero-order valence-corrected chi connectivity index (χ0v) is 20.0. The fraction of sp³-hybridized carbons (Fsp3) is 0.276. The Balaban J connectivity index is 1.45. The maximum Gasteiger partial charge on any atom is 0.231 e. The SMILES string of the molecule is CCCCn1c(CN(Cc2ccccc2)Cc2ccc3c(c2)OCO3)cnc1-c1ccccc1F. The van der Waals surface area contributed by atoms with Gasteiger partial charge in [-0.3, -0.25) is 4.90 Å². The monoisotopic (exact) mass is 471 g/mol. The summed E-state index contributed by atoms with van der Waals surface area (Å²) in [5, 5.41) is 0. The summed E-state index contributed by atoms with van der Waals surface area (Å²) in [6, 6.07) is 23.4. The minimum Gasteiger partial charge on any atom is -0.454 e. The van der Waals surface area contributed by atoms with E-state index in [0.29, 0.717) is 17.9 Å². The molecule has 0 N–H and O–H groups in total. The second-order valence-corrected chi connectivity index (χ2v) is 8.88. The van der Waals surface area contributed by atoms with Crippen LogP contribution in [0.2, 0.25) is 0 Å². The average molecular weight is 472 g/mol. The van der Waals surface area contributed by atoms with Crippen LogP contribution in [0.3, 0.4) is 0 Å². The normalized spacial score (nSPS) is 12.4. The van der Waals surface area contributed by atoms with Gasteiger partial charge in [0.2, 0.25) is 6.79 Å². The van der Waals surface area contributed by atoms with Gasteiger partial charge in [-0.1, -0.05) is 61.9 Å². The number of fused-ring (bicyclic) bond motifs is 1. The van der Waals surface area contributed by atoms with Gasteiger partial charge in [-0.25, -0.2) is 9.37 Å². The topological polar surface area (TPSA) is 39.5 Å². The highest BCUT2D eigenvalue weighted by atomic mass is 19.1. The predicted molar refractivity (Wildman–Crippen MR) is 134 cm³/mol. The van der Waals surface area contributed by atoms with Crippen LogP contribution in [0.25, 0.3) is 11.4 Å². The largest absolute Gasteiger partial charge is 0.454 e. The number of imidazole rings is 1. The van der Waals surface area contributed by atoms with E-state index < -0.39 is 0 Å². The molecule has 0 bridgehead atoms. The Bertz CT molecular complexity index is 1270. The zero-order valence-electron chi connectivity index (χ0n) is 20.0. The lowest BCUT2D eigenvalue weighted by atomic mass is 10.1. The fourth-order valence-corrected chi connectivity index (χ4v) is 4.50. The summed E-state index contributed by atoms with van der Waals surface area (Å²) in [7, 11) is 0. The number of halogens is 1. The Labute approximate surface area is 205 Å². The van der Waals surface area contributed by atoms with Gasteiger partial charge in [-0.2, -0.15) is 0 Å². The fourth-order valence-electron chi connectivity index (χ4n) is 4.50. The molecule has 180 valence electrons. The maximum atomic E-state index is 14.6. The summed E-state index contributed by atoms with van der Waals surface area (Å²) < 4.78 is 27.9. The molecule has 0 saturated carbocycles. The summed E-state index contributed by atoms with van der Waals surface area (Å²) in [6.07, 6.45) is 3.96. The van der Waals surface area contributed by atoms with E-state index in [4.69, 9.17) is 9.47 Å². The van der Waals surface area contributed by atoms with Crippen LogP contribution in [0, 0.1) is 5.82 Å². The van der Waals surface area contributed by atoms with Crippen molar-refractivity contribution in [3.05, 3.63) is 102 Å². The number of hydrogen-bond donors (Lipinski definition) is 0. The van der Waals surface area contributed by atoms with Crippen LogP contribution in [0.4, 0.5) is 4.39 Å². The molecule has 1 aliphatic rings. The average Bonchev–Trinajstić information content (AvgIpc) is 3.50. The number of nitrogens with zero attached hydrogens (tertiary/aromatic N) is 3. The van der Waals surface area contributed by atoms with Crippen LogP contribution in [0.15, 0.2) is 79.0 Å². The Morgan fingerprint density at radius 2 is 1.66 bits per heavy atom. The summed E-state index contributed by atoms with van der Waals surface area (Å²) in [5.74, 6) is 2.02. The van der Waals surface area contributed by atoms with Crippen LogP contribution in [0.5, 0.6) is 11.5 Å². The third-order valence-electron chi connectivity index (χ3n) is 6.27. The molecule has 1 aliphatic heterocycles. The maximum absolute atomic E-state index is 14.6. The first-order valence-electron chi connectivity index (χ1n) is 12.2. The number of benzene rings is 3. The summed E-state index contributed by atoms with van der Waals surface area (Å²) in [5.41, 5.74) is 4.01. The van der Waals surface area contributed by atoms with Crippen LogP contribution in [-0.4, -0.2) is 21.2 Å². The predicted octanol–water partition coefficient (Wildman–Crippen LogP) is 6.42. The van der Waals surface area contributed by atoms with Crippen LogP contribution < -0.4 is 9.47 Å². The van der Waals surface area contributed by atoms with Gasteiger partial charge < -0.3 is 14.0 Å². The quantitative estimate of drug-likeness (QED) is 0.268. The first-order chi connectivity index (χ1) is 17.2. The minimum atomic E-state index is -0.246. The Hall–Kier alpha value is -3.64. The van der Waals surface area contributed by atoms with Gasteiger partial charge in [0.1, 0.15) is 11.6 Å². The van der Waals surface area contributed by atoms with E-state index in [1.54, 1.807) is 12.1 Å². The van der Waals surface area contributed by atoms with E-state index in [1.165, 1.54) is 11.6 Å². The molecule has 0 fully saturated rings. The molecular formula is C29H30FN3O2. The Morgan fingerprint density at radius 3 is 2.49 bits per heavy atom. The van der Waals surface area contributed by atoms with Gasteiger partial charge in [0, 0.05) is 26.2 Å². The van der Waals surface area contributed by atoms with E-state index in [0.717, 1.165) is 55.2 Å². The van der Waals surface area contributed by atoms with Crippen molar-refractivity contribution in [3.8, 4) is 22.9 Å². The lowest BCUT2D eigenvalue weighted by Gasteiger charge is -2.24. The zero-order chi connectivity index (χ0) is 24.0. The molecule has 0 spiro atoms. The first kappa shape index (κ1) is 23.1. The Kier molecular flexibility index (Phi) is 7.09. The summed E-state index contributed by atoms with van der Waals surface area (Å²) in [4.78, 5) is 7.06. The molecule has 0 saturated heterocycles. The van der Waals surface area contributed by atoms with Crippen molar-refractivity contribution in [1.82, 2.24) is 14.5 Å². The van der Waals surface area contributed by atoms with Crippen molar-refractivity contribution < 1.29 is 13.9 Å². The van der Waals surface area contributed by atoms with E-state index in [1.807, 2.05) is 24.4 Å². The number of ether oxygens (including phenoxy) is 2. The van der Waals surface area contributed by atoms with E-state index in [-0.39, 0.29) is 12.6 Å². The minimum absolute atomic E-state index is 0.246. The van der Waals surface area contributed by atoms with Crippen molar-refractivity contribution in [2.45, 2.75) is 45.9 Å². The third kappa shape index (κ3) is 5.38. The number of hydrogen-bond acceptors (Lipinski definition) is 4. The molecule has 1 aromatic heterocycles. The number of unbranched alkanes of at least 4 members (excludes halogenated alkanes) is 1. The van der Waals surface area contributed by atoms with Gasteiger partial charge in [-0.05, 0) is 41.8 Å². The van der Waals surface area contributed by atoms with Crippen LogP contribution in [-0.2, 0) is 26.2 Å². The highest BCUT2D eigenvalue weighted by Crippen LogP contribution is 2.33. The molecule has 0 radical (unpaired) electrons. The van der Waals surface area contributed by atoms with Gasteiger partial charge in [0.25, 0.3) is 0 Å². The molecule has 0 amide bonds. The lowest BCUT2D eigenvalue weighted by molar-refractivity contribution is 0.174. The number of rotatable bonds is 10. The van der Waals surface area contributed by atoms with Gasteiger partial charge in [0.05, 0.1) is 17.5 Å². The molecule has 6 heteroatoms. The van der Waals surface area contributed by atoms with E-state index >= 15 is 0 Å². The molecule has 4 aromatic rings.